The first kappa shape index (κ1) is 99.9. The summed E-state index contributed by atoms with van der Waals surface area (Å²) < 4.78 is 27.4. The van der Waals surface area contributed by atoms with Crippen LogP contribution in [0.15, 0.2) is 67.8 Å². The SMILES string of the molecule is CN(C)CCN(C)C(=NC#N)N(C)C.CN(C)CCN1CCCC1.CN(C)CCN1CCCCC1.CN(C)CCN1CCOCC1.CN(C)CCN1CCS(=O)(=O)CC1.CNCCN(C)C1=NCCN1.CNCCN(C)C1=NCCN1C.CNCCNC1=NCCN1.Cc1ccccc1.Cc1cccs1. The number of piperidine rings is 1. The lowest BCUT2D eigenvalue weighted by atomic mass is 10.1. The van der Waals surface area contributed by atoms with Gasteiger partial charge in [0.2, 0.25) is 12.2 Å². The third-order valence-electron chi connectivity index (χ3n) is 17.1. The zero-order valence-electron chi connectivity index (χ0n) is 70.2. The van der Waals surface area contributed by atoms with Gasteiger partial charge in [0.25, 0.3) is 0 Å². The number of morpholine rings is 1. The van der Waals surface area contributed by atoms with E-state index in [4.69, 9.17) is 10.00 Å². The summed E-state index contributed by atoms with van der Waals surface area (Å²) in [5.41, 5.74) is 1.32. The number of aryl methyl sites for hydroxylation is 2. The van der Waals surface area contributed by atoms with Crippen molar-refractivity contribution in [1.29, 1.82) is 5.26 Å². The molecule has 7 aliphatic rings. The van der Waals surface area contributed by atoms with Crippen LogP contribution >= 0.6 is 11.3 Å². The van der Waals surface area contributed by atoms with Crippen LogP contribution in [-0.2, 0) is 14.6 Å². The van der Waals surface area contributed by atoms with Crippen molar-refractivity contribution in [2.24, 2.45) is 20.0 Å². The standard InChI is InChI=1S/C9H19N5.C9H20N2.C8H18N4.C8H18N2O2S.C8H18N2O.C8H18N2.C7H16N4.C7H8.C6H14N4.C5H6S/c1-12(2)6-7-14(5)9(11-8-10)13(3)4;1-10(2)8-9-11-6-4-3-5-7-11;1-9-4-6-11(2)8-10-5-7-12(8)3;1-9(2)3-4-10-5-7-13(11,12)8-6-10;1-9(2)3-4-10-5-7-11-8-6-10;1-9(2)7-8-10-5-3-4-6-10;1-8-5-6-11(2)7-9-3-4-10-7;1-7-5-3-2-4-6-7;1-7-2-3-8-6-9-4-5-10-6;1-5-3-2-4-6-5/h6-7H2,1-5H3;3-9H2,1-2H3;9H,4-7H2,1-3H3;3-8H2,1-2H3;3-8H2,1-2H3;3-8H2,1-2H3;8H,3-6H2,1-2H3,(H,9,10);2-6H,1H3;7H,2-5H2,1H3,(H2,8,9,10);2-4H,1H3. The molecule has 9 rings (SSSR count). The van der Waals surface area contributed by atoms with Crippen molar-refractivity contribution in [2.45, 2.75) is 46.0 Å². The van der Waals surface area contributed by atoms with E-state index in [0.717, 1.165) is 155 Å². The highest BCUT2D eigenvalue weighted by atomic mass is 32.2. The maximum absolute atomic E-state index is 11.1. The second kappa shape index (κ2) is 64.9. The van der Waals surface area contributed by atoms with Gasteiger partial charge in [-0.2, -0.15) is 5.26 Å². The zero-order valence-corrected chi connectivity index (χ0v) is 71.9. The summed E-state index contributed by atoms with van der Waals surface area (Å²) in [4.78, 5) is 49.0. The molecule has 0 bridgehead atoms. The third-order valence-corrected chi connectivity index (χ3v) is 19.6. The first-order chi connectivity index (χ1) is 50.2. The van der Waals surface area contributed by atoms with Crippen LogP contribution in [0.1, 0.15) is 42.5 Å². The lowest BCUT2D eigenvalue weighted by Crippen LogP contribution is -2.42. The number of sulfone groups is 1. The number of likely N-dealkylation sites (tertiary alicyclic amines) is 2. The van der Waals surface area contributed by atoms with Gasteiger partial charge >= 0.3 is 0 Å². The van der Waals surface area contributed by atoms with Crippen molar-refractivity contribution in [3.63, 3.8) is 0 Å². The molecule has 0 amide bonds. The number of likely N-dealkylation sites (N-methyl/N-ethyl adjacent to an activating group) is 12. The molecule has 6 N–H and O–H groups in total. The largest absolute Gasteiger partial charge is 0.379 e. The maximum atomic E-state index is 11.1. The van der Waals surface area contributed by atoms with E-state index >= 15 is 0 Å². The summed E-state index contributed by atoms with van der Waals surface area (Å²) >= 11 is 1.78. The van der Waals surface area contributed by atoms with E-state index in [2.05, 4.69) is 218 Å². The van der Waals surface area contributed by atoms with Crippen LogP contribution in [-0.4, -0.2) is 456 Å². The normalized spacial score (nSPS) is 17.0. The van der Waals surface area contributed by atoms with Gasteiger partial charge < -0.3 is 100 Å². The molecule has 2 aromatic rings. The Hall–Kier alpha value is -5.08. The lowest BCUT2D eigenvalue weighted by molar-refractivity contribution is 0.0354. The Labute approximate surface area is 646 Å². The number of nitrogens with one attached hydrogen (secondary N) is 6. The van der Waals surface area contributed by atoms with Crippen molar-refractivity contribution >= 4 is 45.0 Å². The number of aliphatic imine (C=N–C) groups is 4. The fourth-order valence-corrected chi connectivity index (χ4v) is 12.2. The van der Waals surface area contributed by atoms with E-state index in [9.17, 15) is 8.42 Å². The molecule has 105 heavy (non-hydrogen) atoms. The van der Waals surface area contributed by atoms with Crippen LogP contribution in [0.5, 0.6) is 0 Å². The summed E-state index contributed by atoms with van der Waals surface area (Å²) in [6, 6.07) is 14.4. The summed E-state index contributed by atoms with van der Waals surface area (Å²) in [5.74, 6) is 4.44. The molecule has 610 valence electrons. The van der Waals surface area contributed by atoms with Crippen molar-refractivity contribution in [3.05, 3.63) is 58.3 Å². The lowest BCUT2D eigenvalue weighted by Gasteiger charge is -2.27. The van der Waals surface area contributed by atoms with E-state index in [1.807, 2.05) is 105 Å². The van der Waals surface area contributed by atoms with Gasteiger partial charge in [-0.15, -0.1) is 16.3 Å². The number of guanidine groups is 4. The number of hydrogen-bond acceptors (Lipinski definition) is 27. The molecule has 0 radical (unpaired) electrons. The highest BCUT2D eigenvalue weighted by Gasteiger charge is 2.21. The Morgan fingerprint density at radius 3 is 1.40 bits per heavy atom. The first-order valence-electron chi connectivity index (χ1n) is 38.4. The Morgan fingerprint density at radius 2 is 1.02 bits per heavy atom. The summed E-state index contributed by atoms with van der Waals surface area (Å²) in [6.45, 7) is 37.7. The van der Waals surface area contributed by atoms with Gasteiger partial charge in [-0.3, -0.25) is 19.9 Å². The number of nitrogens with zero attached hydrogens (tertiary/aromatic N) is 19. The molecule has 7 aliphatic heterocycles. The topological polar surface area (TPSA) is 234 Å². The van der Waals surface area contributed by atoms with Crippen LogP contribution in [0.3, 0.4) is 0 Å². The molecule has 0 atom stereocenters. The van der Waals surface area contributed by atoms with Gasteiger partial charge in [-0.1, -0.05) is 48.4 Å². The van der Waals surface area contributed by atoms with Gasteiger partial charge in [0, 0.05) is 198 Å². The van der Waals surface area contributed by atoms with E-state index in [1.54, 1.807) is 11.3 Å². The highest BCUT2D eigenvalue weighted by Crippen LogP contribution is 2.09. The van der Waals surface area contributed by atoms with Gasteiger partial charge in [0.1, 0.15) is 0 Å². The van der Waals surface area contributed by atoms with Crippen LogP contribution in [0, 0.1) is 25.3 Å². The zero-order chi connectivity index (χ0) is 78.5. The number of thiophene rings is 1. The van der Waals surface area contributed by atoms with Crippen LogP contribution in [0.4, 0.5) is 0 Å². The minimum atomic E-state index is -2.71. The number of benzene rings is 1. The number of ether oxygens (including phenoxy) is 1. The summed E-state index contributed by atoms with van der Waals surface area (Å²) in [7, 11) is 35.9. The molecule has 4 fully saturated rings. The Morgan fingerprint density at radius 1 is 0.543 bits per heavy atom. The predicted octanol–water partition coefficient (Wildman–Crippen LogP) is 2.06. The third kappa shape index (κ3) is 58.6. The highest BCUT2D eigenvalue weighted by molar-refractivity contribution is 7.91. The van der Waals surface area contributed by atoms with Gasteiger partial charge in [0.15, 0.2) is 27.7 Å². The fraction of sp³-hybridized carbons (Fsp3) is 0.800. The first-order valence-corrected chi connectivity index (χ1v) is 41.1. The monoisotopic (exact) mass is 1520 g/mol. The number of nitriles is 1. The van der Waals surface area contributed by atoms with E-state index in [1.165, 1.54) is 101 Å². The van der Waals surface area contributed by atoms with Gasteiger partial charge in [-0.05, 0) is 169 Å². The summed E-state index contributed by atoms with van der Waals surface area (Å²) in [6.07, 6.45) is 8.89. The molecule has 0 saturated carbocycles. The van der Waals surface area contributed by atoms with Crippen molar-refractivity contribution in [1.82, 2.24) is 100 Å². The Kier molecular flexibility index (Phi) is 61.7. The second-order valence-corrected chi connectivity index (χ2v) is 32.0. The second-order valence-electron chi connectivity index (χ2n) is 28.6. The average molecular weight is 1520 g/mol. The minimum Gasteiger partial charge on any atom is -0.379 e. The molecule has 0 unspecified atom stereocenters. The molecular formula is C75H155N25O3S2. The number of rotatable bonds is 24. The number of hydrogen-bond donors (Lipinski definition) is 6. The molecule has 1 aromatic heterocycles. The van der Waals surface area contributed by atoms with Crippen LogP contribution < -0.4 is 31.9 Å². The van der Waals surface area contributed by atoms with Crippen molar-refractivity contribution in [3.8, 4) is 6.19 Å². The molecule has 30 heteroatoms. The van der Waals surface area contributed by atoms with E-state index in [0.29, 0.717) is 30.6 Å². The Bertz CT molecular complexity index is 2550. The molecule has 1 aromatic carbocycles. The van der Waals surface area contributed by atoms with E-state index < -0.39 is 9.84 Å². The van der Waals surface area contributed by atoms with Crippen molar-refractivity contribution < 1.29 is 13.2 Å². The Balaban J connectivity index is 0.00000115. The smallest absolute Gasteiger partial charge is 0.211 e. The molecule has 0 aliphatic carbocycles. The van der Waals surface area contributed by atoms with E-state index in [-0.39, 0.29) is 0 Å². The molecule has 4 saturated heterocycles. The molecule has 8 heterocycles. The van der Waals surface area contributed by atoms with Crippen LogP contribution in [0.2, 0.25) is 0 Å². The minimum absolute atomic E-state index is 0.334. The predicted molar refractivity (Wildman–Crippen MR) is 451 cm³/mol. The van der Waals surface area contributed by atoms with Crippen molar-refractivity contribution in [2.75, 3.05) is 355 Å². The quantitative estimate of drug-likeness (QED) is 0.0382. The van der Waals surface area contributed by atoms with Crippen LogP contribution in [0.25, 0.3) is 0 Å². The fourth-order valence-electron chi connectivity index (χ4n) is 10.4. The molecule has 0 spiro atoms. The molecular weight excluding hydrogens is 1360 g/mol. The maximum Gasteiger partial charge on any atom is 0.211 e. The average Bonchev–Trinajstić information content (AvgIpc) is 1.81. The van der Waals surface area contributed by atoms with Gasteiger partial charge in [-0.25, -0.2) is 8.42 Å². The summed E-state index contributed by atoms with van der Waals surface area (Å²) in [5, 5.41) is 29.4. The molecule has 28 nitrogen and oxygen atoms in total. The van der Waals surface area contributed by atoms with Gasteiger partial charge in [0.05, 0.1) is 44.4 Å².